The first-order valence-electron chi connectivity index (χ1n) is 16.0. The zero-order chi connectivity index (χ0) is 30.6. The Balaban J connectivity index is 1.12. The van der Waals surface area contributed by atoms with E-state index in [4.69, 9.17) is 4.74 Å². The van der Waals surface area contributed by atoms with Crippen molar-refractivity contribution in [2.75, 3.05) is 6.61 Å². The molecule has 2 heterocycles. The summed E-state index contributed by atoms with van der Waals surface area (Å²) in [6.45, 7) is 4.90. The van der Waals surface area contributed by atoms with Gasteiger partial charge in [-0.2, -0.15) is 0 Å². The lowest BCUT2D eigenvalue weighted by Gasteiger charge is -2.30. The monoisotopic (exact) mass is 592 g/mol. The molecule has 1 aliphatic carbocycles. The SMILES string of the molecule is CC1Cc2cc(-c3ccc(-c4ncc[nH]4)cc3)ccc2OCCC1CC(=O)C(C)C1CCC(=O)CC(c2ccc(F)cc2)C1. The summed E-state index contributed by atoms with van der Waals surface area (Å²) in [5.74, 6) is 2.65. The van der Waals surface area contributed by atoms with E-state index in [1.807, 2.05) is 13.1 Å². The first kappa shape index (κ1) is 30.0. The fourth-order valence-corrected chi connectivity index (χ4v) is 7.16. The van der Waals surface area contributed by atoms with E-state index in [1.54, 1.807) is 18.3 Å². The van der Waals surface area contributed by atoms with E-state index >= 15 is 0 Å². The Morgan fingerprint density at radius 2 is 1.75 bits per heavy atom. The molecule has 1 aromatic heterocycles. The average molecular weight is 593 g/mol. The van der Waals surface area contributed by atoms with Crippen molar-refractivity contribution in [3.63, 3.8) is 0 Å². The van der Waals surface area contributed by atoms with E-state index in [-0.39, 0.29) is 41.1 Å². The molecule has 1 saturated carbocycles. The maximum absolute atomic E-state index is 13.8. The number of ketones is 2. The fraction of sp³-hybridized carbons (Fsp3) is 0.395. The summed E-state index contributed by atoms with van der Waals surface area (Å²) in [5, 5.41) is 0. The second-order valence-corrected chi connectivity index (χ2v) is 12.9. The van der Waals surface area contributed by atoms with E-state index in [0.717, 1.165) is 59.5 Å². The van der Waals surface area contributed by atoms with Gasteiger partial charge in [-0.1, -0.05) is 56.3 Å². The molecule has 4 aromatic rings. The lowest BCUT2D eigenvalue weighted by atomic mass is 9.75. The van der Waals surface area contributed by atoms with Crippen molar-refractivity contribution in [3.05, 3.63) is 96.1 Å². The Hall–Kier alpha value is -4.06. The van der Waals surface area contributed by atoms with E-state index in [2.05, 4.69) is 59.4 Å². The molecule has 0 bridgehead atoms. The Labute approximate surface area is 259 Å². The number of aromatic amines is 1. The highest BCUT2D eigenvalue weighted by molar-refractivity contribution is 5.82. The van der Waals surface area contributed by atoms with E-state index < -0.39 is 0 Å². The summed E-state index contributed by atoms with van der Waals surface area (Å²) in [6, 6.07) is 21.3. The predicted octanol–water partition coefficient (Wildman–Crippen LogP) is 8.60. The van der Waals surface area contributed by atoms with Gasteiger partial charge in [0.2, 0.25) is 0 Å². The van der Waals surface area contributed by atoms with Crippen LogP contribution in [0.1, 0.15) is 69.4 Å². The van der Waals surface area contributed by atoms with Gasteiger partial charge in [0.05, 0.1) is 6.61 Å². The second-order valence-electron chi connectivity index (χ2n) is 12.9. The van der Waals surface area contributed by atoms with Crippen LogP contribution in [0.5, 0.6) is 5.75 Å². The first-order valence-corrected chi connectivity index (χ1v) is 16.0. The molecule has 0 saturated heterocycles. The molecule has 6 rings (SSSR count). The number of hydrogen-bond donors (Lipinski definition) is 1. The number of ether oxygens (including phenoxy) is 1. The number of aromatic nitrogens is 2. The molecule has 2 aliphatic rings. The molecule has 3 aromatic carbocycles. The van der Waals surface area contributed by atoms with E-state index in [0.29, 0.717) is 31.8 Å². The van der Waals surface area contributed by atoms with Crippen LogP contribution in [-0.2, 0) is 16.0 Å². The zero-order valence-electron chi connectivity index (χ0n) is 25.6. The predicted molar refractivity (Wildman–Crippen MR) is 171 cm³/mol. The molecular weight excluding hydrogens is 551 g/mol. The molecule has 1 fully saturated rings. The summed E-state index contributed by atoms with van der Waals surface area (Å²) >= 11 is 0. The highest BCUT2D eigenvalue weighted by atomic mass is 19.1. The largest absolute Gasteiger partial charge is 0.493 e. The molecule has 1 N–H and O–H groups in total. The number of nitrogens with zero attached hydrogens (tertiary/aromatic N) is 1. The van der Waals surface area contributed by atoms with Crippen LogP contribution in [0.25, 0.3) is 22.5 Å². The van der Waals surface area contributed by atoms with Gasteiger partial charge in [-0.25, -0.2) is 9.37 Å². The summed E-state index contributed by atoms with van der Waals surface area (Å²) in [4.78, 5) is 33.9. The summed E-state index contributed by atoms with van der Waals surface area (Å²) in [7, 11) is 0. The molecule has 44 heavy (non-hydrogen) atoms. The number of nitrogens with one attached hydrogen (secondary N) is 1. The highest BCUT2D eigenvalue weighted by Gasteiger charge is 2.33. The number of Topliss-reactive ketones (excluding diaryl/α,β-unsaturated/α-hetero) is 2. The van der Waals surface area contributed by atoms with Gasteiger partial charge in [0.15, 0.2) is 0 Å². The van der Waals surface area contributed by atoms with Gasteiger partial charge < -0.3 is 9.72 Å². The number of carbonyl (C=O) groups is 2. The molecule has 0 radical (unpaired) electrons. The number of imidazole rings is 1. The lowest BCUT2D eigenvalue weighted by Crippen LogP contribution is -2.28. The molecule has 6 heteroatoms. The topological polar surface area (TPSA) is 72.0 Å². The van der Waals surface area contributed by atoms with E-state index in [1.165, 1.54) is 17.7 Å². The third kappa shape index (κ3) is 6.85. The highest BCUT2D eigenvalue weighted by Crippen LogP contribution is 2.39. The van der Waals surface area contributed by atoms with Crippen LogP contribution in [0.2, 0.25) is 0 Å². The standard InChI is InChI=1S/C38H41FN2O3/c1-24-19-33-21-31(26-3-5-28(6-4-26)38-40-16-17-41-38)10-14-37(33)44-18-15-29(24)23-36(43)25(2)30-9-13-35(42)22-32(20-30)27-7-11-34(39)12-8-27/h3-8,10-12,14,16-17,21,24-25,29-30,32H,9,13,15,18-20,22-23H2,1-2H3,(H,40,41). The van der Waals surface area contributed by atoms with Crippen LogP contribution in [-0.4, -0.2) is 28.1 Å². The van der Waals surface area contributed by atoms with Gasteiger partial charge >= 0.3 is 0 Å². The third-order valence-corrected chi connectivity index (χ3v) is 10.0. The van der Waals surface area contributed by atoms with Crippen LogP contribution in [0.3, 0.4) is 0 Å². The third-order valence-electron chi connectivity index (χ3n) is 10.0. The number of hydrogen-bond acceptors (Lipinski definition) is 4. The van der Waals surface area contributed by atoms with Crippen molar-refractivity contribution in [1.82, 2.24) is 9.97 Å². The fourth-order valence-electron chi connectivity index (χ4n) is 7.16. The van der Waals surface area contributed by atoms with Crippen LogP contribution in [0.4, 0.5) is 4.39 Å². The second kappa shape index (κ2) is 13.3. The number of benzene rings is 3. The summed E-state index contributed by atoms with van der Waals surface area (Å²) in [6.07, 6.45) is 8.31. The van der Waals surface area contributed by atoms with Crippen LogP contribution in [0.15, 0.2) is 79.1 Å². The van der Waals surface area contributed by atoms with Gasteiger partial charge in [0.1, 0.15) is 29.0 Å². The van der Waals surface area contributed by atoms with Crippen molar-refractivity contribution in [3.8, 4) is 28.3 Å². The number of halogens is 1. The van der Waals surface area contributed by atoms with Gasteiger partial charge in [-0.05, 0) is 95.9 Å². The number of H-pyrrole nitrogens is 1. The maximum Gasteiger partial charge on any atom is 0.137 e. The zero-order valence-corrected chi connectivity index (χ0v) is 25.6. The number of carbonyl (C=O) groups excluding carboxylic acids is 2. The summed E-state index contributed by atoms with van der Waals surface area (Å²) < 4.78 is 19.8. The van der Waals surface area contributed by atoms with Crippen molar-refractivity contribution in [2.45, 2.75) is 64.7 Å². The Morgan fingerprint density at radius 1 is 1.00 bits per heavy atom. The van der Waals surface area contributed by atoms with Gasteiger partial charge in [0.25, 0.3) is 0 Å². The van der Waals surface area contributed by atoms with Gasteiger partial charge in [-0.15, -0.1) is 0 Å². The minimum absolute atomic E-state index is 0.0339. The summed E-state index contributed by atoms with van der Waals surface area (Å²) in [5.41, 5.74) is 5.50. The molecule has 5 atom stereocenters. The smallest absolute Gasteiger partial charge is 0.137 e. The maximum atomic E-state index is 13.8. The van der Waals surface area contributed by atoms with Crippen LogP contribution >= 0.6 is 0 Å². The number of fused-ring (bicyclic) bond motifs is 1. The van der Waals surface area contributed by atoms with Crippen molar-refractivity contribution in [1.29, 1.82) is 0 Å². The van der Waals surface area contributed by atoms with Gasteiger partial charge in [0, 0.05) is 43.1 Å². The number of rotatable bonds is 7. The molecule has 228 valence electrons. The Morgan fingerprint density at radius 3 is 2.50 bits per heavy atom. The van der Waals surface area contributed by atoms with Crippen molar-refractivity contribution >= 4 is 11.6 Å². The van der Waals surface area contributed by atoms with Crippen LogP contribution < -0.4 is 4.74 Å². The molecular formula is C38H41FN2O3. The van der Waals surface area contributed by atoms with Crippen LogP contribution in [0, 0.1) is 29.5 Å². The molecule has 5 nitrogen and oxygen atoms in total. The Kier molecular flexibility index (Phi) is 9.06. The lowest BCUT2D eigenvalue weighted by molar-refractivity contribution is -0.126. The Bertz CT molecular complexity index is 1580. The molecule has 0 amide bonds. The van der Waals surface area contributed by atoms with Crippen molar-refractivity contribution < 1.29 is 18.7 Å². The van der Waals surface area contributed by atoms with Crippen molar-refractivity contribution in [2.24, 2.45) is 23.7 Å². The minimum Gasteiger partial charge on any atom is -0.493 e. The average Bonchev–Trinajstić information content (AvgIpc) is 3.50. The van der Waals surface area contributed by atoms with E-state index in [9.17, 15) is 14.0 Å². The first-order chi connectivity index (χ1) is 21.3. The molecule has 0 spiro atoms. The van der Waals surface area contributed by atoms with Gasteiger partial charge in [-0.3, -0.25) is 9.59 Å². The minimum atomic E-state index is -0.273. The molecule has 5 unspecified atom stereocenters. The normalized spacial score (nSPS) is 23.0. The quantitative estimate of drug-likeness (QED) is 0.218. The molecule has 1 aliphatic heterocycles.